The molecule has 0 fully saturated rings. The molecule has 0 unspecified atom stereocenters. The summed E-state index contributed by atoms with van der Waals surface area (Å²) in [6.07, 6.45) is 1.42. The number of ketones is 1. The van der Waals surface area contributed by atoms with Gasteiger partial charge < -0.3 is 10.1 Å². The molecule has 0 aliphatic rings. The van der Waals surface area contributed by atoms with Crippen LogP contribution in [0.2, 0.25) is 0 Å². The van der Waals surface area contributed by atoms with E-state index in [0.29, 0.717) is 0 Å². The Balaban J connectivity index is 2.54. The van der Waals surface area contributed by atoms with E-state index in [1.165, 1.54) is 6.08 Å². The van der Waals surface area contributed by atoms with Crippen LogP contribution in [0, 0.1) is 5.92 Å². The van der Waals surface area contributed by atoms with Crippen LogP contribution in [-0.2, 0) is 16.1 Å². The van der Waals surface area contributed by atoms with E-state index < -0.39 is 12.1 Å². The highest BCUT2D eigenvalue weighted by Gasteiger charge is 2.24. The molecule has 4 heteroatoms. The van der Waals surface area contributed by atoms with E-state index in [0.717, 1.165) is 12.0 Å². The Morgan fingerprint density at radius 2 is 2.00 bits per heavy atom. The minimum Gasteiger partial charge on any atom is -0.445 e. The topological polar surface area (TPSA) is 55.4 Å². The summed E-state index contributed by atoms with van der Waals surface area (Å²) in [4.78, 5) is 23.5. The van der Waals surface area contributed by atoms with Crippen LogP contribution in [0.4, 0.5) is 4.79 Å². The fourth-order valence-corrected chi connectivity index (χ4v) is 1.75. The van der Waals surface area contributed by atoms with Crippen molar-refractivity contribution in [3.05, 3.63) is 48.6 Å². The maximum Gasteiger partial charge on any atom is 0.408 e. The first-order valence-electron chi connectivity index (χ1n) is 6.72. The van der Waals surface area contributed by atoms with Crippen LogP contribution < -0.4 is 5.32 Å². The van der Waals surface area contributed by atoms with Gasteiger partial charge in [0.2, 0.25) is 0 Å². The van der Waals surface area contributed by atoms with Crippen LogP contribution in [0.3, 0.4) is 0 Å². The lowest BCUT2D eigenvalue weighted by Gasteiger charge is -2.21. The number of alkyl carbamates (subject to hydrolysis) is 1. The second-order valence-electron chi connectivity index (χ2n) is 4.68. The summed E-state index contributed by atoms with van der Waals surface area (Å²) in [5.41, 5.74) is 0.901. The van der Waals surface area contributed by atoms with Crippen molar-refractivity contribution in [1.29, 1.82) is 0 Å². The summed E-state index contributed by atoms with van der Waals surface area (Å²) < 4.78 is 5.11. The van der Waals surface area contributed by atoms with Gasteiger partial charge in [0.15, 0.2) is 5.78 Å². The third-order valence-corrected chi connectivity index (χ3v) is 3.21. The lowest BCUT2D eigenvalue weighted by Crippen LogP contribution is -2.44. The lowest BCUT2D eigenvalue weighted by atomic mass is 9.95. The quantitative estimate of drug-likeness (QED) is 0.778. The lowest BCUT2D eigenvalue weighted by molar-refractivity contribution is -0.117. The standard InChI is InChI=1S/C16H21NO3/c1-4-12(3)15(14(18)5-2)17-16(19)20-11-13-9-7-6-8-10-13/h5-10,12,15H,2,4,11H2,1,3H3,(H,17,19)/t12-,15-/m0/s1. The molecular formula is C16H21NO3. The van der Waals surface area contributed by atoms with Crippen molar-refractivity contribution in [3.8, 4) is 0 Å². The molecule has 0 heterocycles. The fourth-order valence-electron chi connectivity index (χ4n) is 1.75. The number of nitrogens with one attached hydrogen (secondary N) is 1. The van der Waals surface area contributed by atoms with Gasteiger partial charge in [0.05, 0.1) is 6.04 Å². The molecule has 0 radical (unpaired) electrons. The fraction of sp³-hybridized carbons (Fsp3) is 0.375. The molecule has 0 bridgehead atoms. The first kappa shape index (κ1) is 16.0. The zero-order valence-electron chi connectivity index (χ0n) is 12.0. The molecule has 4 nitrogen and oxygen atoms in total. The van der Waals surface area contributed by atoms with Gasteiger partial charge in [-0.05, 0) is 17.6 Å². The largest absolute Gasteiger partial charge is 0.445 e. The van der Waals surface area contributed by atoms with Crippen molar-refractivity contribution >= 4 is 11.9 Å². The number of benzene rings is 1. The van der Waals surface area contributed by atoms with E-state index in [2.05, 4.69) is 11.9 Å². The average molecular weight is 275 g/mol. The summed E-state index contributed by atoms with van der Waals surface area (Å²) in [6, 6.07) is 8.80. The Bertz CT molecular complexity index is 456. The van der Waals surface area contributed by atoms with Gasteiger partial charge in [0, 0.05) is 0 Å². The van der Waals surface area contributed by atoms with E-state index >= 15 is 0 Å². The van der Waals surface area contributed by atoms with Gasteiger partial charge in [-0.2, -0.15) is 0 Å². The van der Waals surface area contributed by atoms with Crippen LogP contribution in [0.15, 0.2) is 43.0 Å². The zero-order chi connectivity index (χ0) is 15.0. The number of ether oxygens (including phenoxy) is 1. The van der Waals surface area contributed by atoms with Crippen molar-refractivity contribution in [3.63, 3.8) is 0 Å². The van der Waals surface area contributed by atoms with Crippen molar-refractivity contribution < 1.29 is 14.3 Å². The molecule has 0 aliphatic heterocycles. The van der Waals surface area contributed by atoms with E-state index in [1.54, 1.807) is 0 Å². The van der Waals surface area contributed by atoms with Crippen LogP contribution in [-0.4, -0.2) is 17.9 Å². The molecule has 2 atom stereocenters. The van der Waals surface area contributed by atoms with E-state index in [1.807, 2.05) is 44.2 Å². The van der Waals surface area contributed by atoms with Gasteiger partial charge in [-0.1, -0.05) is 57.2 Å². The van der Waals surface area contributed by atoms with Crippen molar-refractivity contribution in [2.75, 3.05) is 0 Å². The highest BCUT2D eigenvalue weighted by Crippen LogP contribution is 2.10. The highest BCUT2D eigenvalue weighted by molar-refractivity contribution is 5.95. The van der Waals surface area contributed by atoms with Gasteiger partial charge in [-0.3, -0.25) is 4.79 Å². The number of amides is 1. The third kappa shape index (κ3) is 4.88. The summed E-state index contributed by atoms with van der Waals surface area (Å²) in [6.45, 7) is 7.51. The minimum absolute atomic E-state index is 0.0322. The highest BCUT2D eigenvalue weighted by atomic mass is 16.5. The van der Waals surface area contributed by atoms with Crippen LogP contribution >= 0.6 is 0 Å². The Labute approximate surface area is 119 Å². The molecule has 0 aliphatic carbocycles. The summed E-state index contributed by atoms with van der Waals surface area (Å²) in [5.74, 6) is -0.166. The number of hydrogen-bond donors (Lipinski definition) is 1. The smallest absolute Gasteiger partial charge is 0.408 e. The third-order valence-electron chi connectivity index (χ3n) is 3.21. The number of carbonyl (C=O) groups is 2. The number of rotatable bonds is 7. The molecule has 0 saturated carbocycles. The molecule has 1 amide bonds. The molecule has 0 saturated heterocycles. The summed E-state index contributed by atoms with van der Waals surface area (Å²) in [5, 5.41) is 2.61. The molecule has 1 N–H and O–H groups in total. The predicted molar refractivity (Wildman–Crippen MR) is 78.2 cm³/mol. The monoisotopic (exact) mass is 275 g/mol. The van der Waals surface area contributed by atoms with Gasteiger partial charge in [0.1, 0.15) is 6.61 Å². The normalized spacial score (nSPS) is 13.1. The van der Waals surface area contributed by atoms with Crippen LogP contribution in [0.5, 0.6) is 0 Å². The molecular weight excluding hydrogens is 254 g/mol. The Kier molecular flexibility index (Phi) is 6.50. The zero-order valence-corrected chi connectivity index (χ0v) is 12.0. The molecule has 1 aromatic carbocycles. The van der Waals surface area contributed by atoms with E-state index in [-0.39, 0.29) is 18.3 Å². The molecule has 1 aromatic rings. The molecule has 1 rings (SSSR count). The average Bonchev–Trinajstić information content (AvgIpc) is 2.50. The Morgan fingerprint density at radius 1 is 1.35 bits per heavy atom. The maximum atomic E-state index is 11.7. The first-order chi connectivity index (χ1) is 9.58. The SMILES string of the molecule is C=CC(=O)[C@@H](NC(=O)OCc1ccccc1)[C@@H](C)CC. The maximum absolute atomic E-state index is 11.7. The van der Waals surface area contributed by atoms with Gasteiger partial charge in [-0.25, -0.2) is 4.79 Å². The summed E-state index contributed by atoms with van der Waals surface area (Å²) in [7, 11) is 0. The Morgan fingerprint density at radius 3 is 2.55 bits per heavy atom. The van der Waals surface area contributed by atoms with Gasteiger partial charge >= 0.3 is 6.09 Å². The summed E-state index contributed by atoms with van der Waals surface area (Å²) >= 11 is 0. The Hall–Kier alpha value is -2.10. The van der Waals surface area contributed by atoms with Gasteiger partial charge in [0.25, 0.3) is 0 Å². The van der Waals surface area contributed by atoms with Crippen LogP contribution in [0.1, 0.15) is 25.8 Å². The second-order valence-corrected chi connectivity index (χ2v) is 4.68. The number of carbonyl (C=O) groups excluding carboxylic acids is 2. The molecule has 0 spiro atoms. The van der Waals surface area contributed by atoms with Crippen molar-refractivity contribution in [1.82, 2.24) is 5.32 Å². The van der Waals surface area contributed by atoms with E-state index in [4.69, 9.17) is 4.74 Å². The molecule has 20 heavy (non-hydrogen) atoms. The second kappa shape index (κ2) is 8.15. The van der Waals surface area contributed by atoms with Crippen molar-refractivity contribution in [2.45, 2.75) is 32.9 Å². The molecule has 0 aromatic heterocycles. The molecule has 108 valence electrons. The van der Waals surface area contributed by atoms with Crippen molar-refractivity contribution in [2.24, 2.45) is 5.92 Å². The predicted octanol–water partition coefficient (Wildman–Crippen LogP) is 3.08. The van der Waals surface area contributed by atoms with Gasteiger partial charge in [-0.15, -0.1) is 0 Å². The minimum atomic E-state index is -0.589. The van der Waals surface area contributed by atoms with Crippen LogP contribution in [0.25, 0.3) is 0 Å². The number of hydrogen-bond acceptors (Lipinski definition) is 3. The first-order valence-corrected chi connectivity index (χ1v) is 6.72. The van der Waals surface area contributed by atoms with E-state index in [9.17, 15) is 9.59 Å².